The Kier molecular flexibility index (Phi) is 5.21. The molecule has 2 aromatic carbocycles. The highest BCUT2D eigenvalue weighted by Crippen LogP contribution is 2.13. The van der Waals surface area contributed by atoms with Gasteiger partial charge in [-0.15, -0.1) is 0 Å². The van der Waals surface area contributed by atoms with Crippen LogP contribution in [-0.2, 0) is 17.8 Å². The number of carbonyl (C=O) groups excluding carboxylic acids is 1. The largest absolute Gasteiger partial charge is 0.497 e. The van der Waals surface area contributed by atoms with Crippen molar-refractivity contribution in [1.29, 1.82) is 0 Å². The van der Waals surface area contributed by atoms with Crippen LogP contribution in [0.15, 0.2) is 48.5 Å². The van der Waals surface area contributed by atoms with Crippen molar-refractivity contribution in [3.8, 4) is 5.75 Å². The SMILES string of the molecule is COc1ccc(CCC(=O)NCc2ccccc2N)cc1. The molecule has 0 aromatic heterocycles. The maximum absolute atomic E-state index is 11.8. The Labute approximate surface area is 124 Å². The van der Waals surface area contributed by atoms with Gasteiger partial charge in [0.15, 0.2) is 0 Å². The number of carbonyl (C=O) groups is 1. The summed E-state index contributed by atoms with van der Waals surface area (Å²) in [6.45, 7) is 0.466. The van der Waals surface area contributed by atoms with Gasteiger partial charge in [-0.25, -0.2) is 0 Å². The molecule has 0 radical (unpaired) electrons. The van der Waals surface area contributed by atoms with Gasteiger partial charge in [-0.1, -0.05) is 30.3 Å². The molecular formula is C17H20N2O2. The van der Waals surface area contributed by atoms with E-state index in [4.69, 9.17) is 10.5 Å². The lowest BCUT2D eigenvalue weighted by Crippen LogP contribution is -2.23. The molecule has 0 atom stereocenters. The molecule has 4 nitrogen and oxygen atoms in total. The lowest BCUT2D eigenvalue weighted by Gasteiger charge is -2.08. The van der Waals surface area contributed by atoms with Gasteiger partial charge in [0.05, 0.1) is 7.11 Å². The Hall–Kier alpha value is -2.49. The first kappa shape index (κ1) is 14.9. The molecule has 0 saturated heterocycles. The summed E-state index contributed by atoms with van der Waals surface area (Å²) in [4.78, 5) is 11.8. The van der Waals surface area contributed by atoms with Crippen molar-refractivity contribution in [1.82, 2.24) is 5.32 Å². The summed E-state index contributed by atoms with van der Waals surface area (Å²) in [6, 6.07) is 15.3. The Morgan fingerprint density at radius 1 is 1.14 bits per heavy atom. The van der Waals surface area contributed by atoms with Crippen LogP contribution in [0.25, 0.3) is 0 Å². The van der Waals surface area contributed by atoms with E-state index in [2.05, 4.69) is 5.32 Å². The minimum absolute atomic E-state index is 0.0223. The standard InChI is InChI=1S/C17H20N2O2/c1-21-15-9-6-13(7-10-15)8-11-17(20)19-12-14-4-2-3-5-16(14)18/h2-7,9-10H,8,11-12,18H2,1H3,(H,19,20). The van der Waals surface area contributed by atoms with Crippen LogP contribution >= 0.6 is 0 Å². The molecule has 21 heavy (non-hydrogen) atoms. The van der Waals surface area contributed by atoms with E-state index < -0.39 is 0 Å². The Morgan fingerprint density at radius 3 is 2.52 bits per heavy atom. The summed E-state index contributed by atoms with van der Waals surface area (Å²) >= 11 is 0. The number of anilines is 1. The van der Waals surface area contributed by atoms with Gasteiger partial charge in [0.2, 0.25) is 5.91 Å². The van der Waals surface area contributed by atoms with Crippen molar-refractivity contribution in [3.63, 3.8) is 0 Å². The van der Waals surface area contributed by atoms with E-state index >= 15 is 0 Å². The highest BCUT2D eigenvalue weighted by atomic mass is 16.5. The molecule has 3 N–H and O–H groups in total. The van der Waals surface area contributed by atoms with E-state index in [1.807, 2.05) is 48.5 Å². The van der Waals surface area contributed by atoms with Crippen molar-refractivity contribution in [2.45, 2.75) is 19.4 Å². The number of amides is 1. The molecule has 0 bridgehead atoms. The third kappa shape index (κ3) is 4.53. The second kappa shape index (κ2) is 7.33. The third-order valence-corrected chi connectivity index (χ3v) is 3.33. The van der Waals surface area contributed by atoms with Crippen LogP contribution in [0.2, 0.25) is 0 Å². The molecule has 0 fully saturated rings. The minimum Gasteiger partial charge on any atom is -0.497 e. The van der Waals surface area contributed by atoms with Gasteiger partial charge in [-0.05, 0) is 35.7 Å². The molecule has 0 aliphatic carbocycles. The second-order valence-electron chi connectivity index (χ2n) is 4.82. The molecule has 2 rings (SSSR count). The van der Waals surface area contributed by atoms with Crippen molar-refractivity contribution in [2.75, 3.05) is 12.8 Å². The normalized spacial score (nSPS) is 10.1. The zero-order valence-electron chi connectivity index (χ0n) is 12.1. The fraction of sp³-hybridized carbons (Fsp3) is 0.235. The Morgan fingerprint density at radius 2 is 1.86 bits per heavy atom. The number of nitrogen functional groups attached to an aromatic ring is 1. The summed E-state index contributed by atoms with van der Waals surface area (Å²) in [6.07, 6.45) is 1.17. The number of methoxy groups -OCH3 is 1. The Bertz CT molecular complexity index is 594. The molecule has 4 heteroatoms. The van der Waals surface area contributed by atoms with E-state index in [0.29, 0.717) is 25.1 Å². The first-order valence-corrected chi connectivity index (χ1v) is 6.92. The summed E-state index contributed by atoms with van der Waals surface area (Å²) in [5.41, 5.74) is 8.59. The van der Waals surface area contributed by atoms with Gasteiger partial charge in [0.1, 0.15) is 5.75 Å². The molecule has 0 heterocycles. The molecule has 110 valence electrons. The van der Waals surface area contributed by atoms with Crippen LogP contribution in [0, 0.1) is 0 Å². The van der Waals surface area contributed by atoms with E-state index in [1.165, 1.54) is 0 Å². The van der Waals surface area contributed by atoms with Crippen LogP contribution in [0.5, 0.6) is 5.75 Å². The van der Waals surface area contributed by atoms with Crippen molar-refractivity contribution in [3.05, 3.63) is 59.7 Å². The van der Waals surface area contributed by atoms with Crippen LogP contribution < -0.4 is 15.8 Å². The number of aryl methyl sites for hydroxylation is 1. The van der Waals surface area contributed by atoms with Gasteiger partial charge in [0, 0.05) is 18.7 Å². The van der Waals surface area contributed by atoms with Crippen molar-refractivity contribution >= 4 is 11.6 Å². The third-order valence-electron chi connectivity index (χ3n) is 3.33. The predicted octanol–water partition coefficient (Wildman–Crippen LogP) is 2.53. The topological polar surface area (TPSA) is 64.3 Å². The summed E-state index contributed by atoms with van der Waals surface area (Å²) in [5, 5.41) is 2.89. The average Bonchev–Trinajstić information content (AvgIpc) is 2.52. The molecule has 2 aromatic rings. The molecular weight excluding hydrogens is 264 g/mol. The number of nitrogens with two attached hydrogens (primary N) is 1. The highest BCUT2D eigenvalue weighted by Gasteiger charge is 2.04. The number of ether oxygens (including phenoxy) is 1. The smallest absolute Gasteiger partial charge is 0.220 e. The monoisotopic (exact) mass is 284 g/mol. The summed E-state index contributed by atoms with van der Waals surface area (Å²) in [7, 11) is 1.64. The quantitative estimate of drug-likeness (QED) is 0.801. The second-order valence-corrected chi connectivity index (χ2v) is 4.82. The number of rotatable bonds is 6. The van der Waals surface area contributed by atoms with Crippen molar-refractivity contribution < 1.29 is 9.53 Å². The van der Waals surface area contributed by atoms with Gasteiger partial charge in [0.25, 0.3) is 0 Å². The van der Waals surface area contributed by atoms with E-state index in [-0.39, 0.29) is 5.91 Å². The number of hydrogen-bond acceptors (Lipinski definition) is 3. The van der Waals surface area contributed by atoms with Gasteiger partial charge in [-0.2, -0.15) is 0 Å². The fourth-order valence-corrected chi connectivity index (χ4v) is 2.03. The molecule has 0 aliphatic heterocycles. The lowest BCUT2D eigenvalue weighted by molar-refractivity contribution is -0.121. The maximum atomic E-state index is 11.8. The Balaban J connectivity index is 1.78. The van der Waals surface area contributed by atoms with Crippen LogP contribution in [0.3, 0.4) is 0 Å². The van der Waals surface area contributed by atoms with Crippen LogP contribution in [0.4, 0.5) is 5.69 Å². The van der Waals surface area contributed by atoms with Gasteiger partial charge < -0.3 is 15.8 Å². The predicted molar refractivity (Wildman–Crippen MR) is 84.0 cm³/mol. The van der Waals surface area contributed by atoms with Gasteiger partial charge in [-0.3, -0.25) is 4.79 Å². The molecule has 1 amide bonds. The zero-order chi connectivity index (χ0) is 15.1. The van der Waals surface area contributed by atoms with Crippen LogP contribution in [-0.4, -0.2) is 13.0 Å². The van der Waals surface area contributed by atoms with E-state index in [9.17, 15) is 4.79 Å². The van der Waals surface area contributed by atoms with E-state index in [0.717, 1.165) is 16.9 Å². The van der Waals surface area contributed by atoms with Gasteiger partial charge >= 0.3 is 0 Å². The van der Waals surface area contributed by atoms with E-state index in [1.54, 1.807) is 7.11 Å². The highest BCUT2D eigenvalue weighted by molar-refractivity contribution is 5.76. The number of hydrogen-bond donors (Lipinski definition) is 2. The van der Waals surface area contributed by atoms with Crippen LogP contribution in [0.1, 0.15) is 17.5 Å². The summed E-state index contributed by atoms with van der Waals surface area (Å²) < 4.78 is 5.10. The molecule has 0 saturated carbocycles. The molecule has 0 unspecified atom stereocenters. The first-order valence-electron chi connectivity index (χ1n) is 6.92. The minimum atomic E-state index is 0.0223. The first-order chi connectivity index (χ1) is 10.2. The zero-order valence-corrected chi connectivity index (χ0v) is 12.1. The number of para-hydroxylation sites is 1. The fourth-order valence-electron chi connectivity index (χ4n) is 2.03. The molecule has 0 spiro atoms. The van der Waals surface area contributed by atoms with Crippen molar-refractivity contribution in [2.24, 2.45) is 0 Å². The number of nitrogens with one attached hydrogen (secondary N) is 1. The summed E-state index contributed by atoms with van der Waals surface area (Å²) in [5.74, 6) is 0.844. The average molecular weight is 284 g/mol. The lowest BCUT2D eigenvalue weighted by atomic mass is 10.1. The molecule has 0 aliphatic rings. The maximum Gasteiger partial charge on any atom is 0.220 e. The number of benzene rings is 2.